The summed E-state index contributed by atoms with van der Waals surface area (Å²) in [5, 5.41) is 21.1. The van der Waals surface area contributed by atoms with E-state index in [2.05, 4.69) is 4.98 Å². The van der Waals surface area contributed by atoms with Gasteiger partial charge in [0.05, 0.1) is 12.2 Å². The van der Waals surface area contributed by atoms with Crippen LogP contribution < -0.4 is 0 Å². The number of H-pyrrole nitrogens is 1. The van der Waals surface area contributed by atoms with E-state index >= 15 is 0 Å². The lowest BCUT2D eigenvalue weighted by Gasteiger charge is -2.19. The molecule has 3 heteroatoms. The number of nitrogens with one attached hydrogen (secondary N) is 1. The number of aromatic amines is 1. The molecular weight excluding hydrogens is 226 g/mol. The second kappa shape index (κ2) is 5.55. The third-order valence-electron chi connectivity index (χ3n) is 3.26. The molecule has 3 nitrogen and oxygen atoms in total. The molecule has 0 aliphatic rings. The zero-order valence-corrected chi connectivity index (χ0v) is 10.9. The number of hydrogen-bond acceptors (Lipinski definition) is 2. The van der Waals surface area contributed by atoms with E-state index < -0.39 is 12.2 Å². The summed E-state index contributed by atoms with van der Waals surface area (Å²) < 4.78 is 0. The molecule has 1 heterocycles. The first-order valence-corrected chi connectivity index (χ1v) is 6.49. The number of rotatable bonds is 5. The molecule has 0 aliphatic carbocycles. The second-order valence-corrected chi connectivity index (χ2v) is 5.33. The van der Waals surface area contributed by atoms with E-state index in [1.807, 2.05) is 44.3 Å². The molecule has 0 fully saturated rings. The number of para-hydroxylation sites is 1. The normalized spacial score (nSPS) is 15.2. The van der Waals surface area contributed by atoms with Crippen molar-refractivity contribution < 1.29 is 10.2 Å². The first-order valence-electron chi connectivity index (χ1n) is 6.49. The van der Waals surface area contributed by atoms with Gasteiger partial charge in [-0.2, -0.15) is 0 Å². The average molecular weight is 247 g/mol. The maximum Gasteiger partial charge on any atom is 0.0840 e. The minimum absolute atomic E-state index is 0.387. The number of aromatic nitrogens is 1. The lowest BCUT2D eigenvalue weighted by Crippen LogP contribution is -2.29. The van der Waals surface area contributed by atoms with Crippen molar-refractivity contribution in [1.82, 2.24) is 4.98 Å². The summed E-state index contributed by atoms with van der Waals surface area (Å²) in [5.74, 6) is 0.387. The highest BCUT2D eigenvalue weighted by Gasteiger charge is 2.19. The summed E-state index contributed by atoms with van der Waals surface area (Å²) in [7, 11) is 0. The highest BCUT2D eigenvalue weighted by molar-refractivity contribution is 5.83. The van der Waals surface area contributed by atoms with Gasteiger partial charge in [-0.15, -0.1) is 0 Å². The molecule has 0 amide bonds. The van der Waals surface area contributed by atoms with Gasteiger partial charge in [-0.3, -0.25) is 0 Å². The molecule has 0 saturated heterocycles. The fraction of sp³-hybridized carbons (Fsp3) is 0.467. The molecule has 2 aromatic rings. The third kappa shape index (κ3) is 2.92. The van der Waals surface area contributed by atoms with Crippen LogP contribution in [0.5, 0.6) is 0 Å². The van der Waals surface area contributed by atoms with Gasteiger partial charge in [-0.25, -0.2) is 0 Å². The Morgan fingerprint density at radius 1 is 1.11 bits per heavy atom. The molecule has 2 rings (SSSR count). The van der Waals surface area contributed by atoms with Gasteiger partial charge in [0, 0.05) is 23.5 Å². The molecule has 2 unspecified atom stereocenters. The molecule has 0 spiro atoms. The minimum Gasteiger partial charge on any atom is -0.390 e. The van der Waals surface area contributed by atoms with Crippen LogP contribution in [0.25, 0.3) is 10.9 Å². The van der Waals surface area contributed by atoms with Crippen LogP contribution in [-0.2, 0) is 6.42 Å². The van der Waals surface area contributed by atoms with Gasteiger partial charge >= 0.3 is 0 Å². The summed E-state index contributed by atoms with van der Waals surface area (Å²) in [6, 6.07) is 8.00. The predicted molar refractivity (Wildman–Crippen MR) is 73.5 cm³/mol. The zero-order chi connectivity index (χ0) is 13.1. The lowest BCUT2D eigenvalue weighted by molar-refractivity contribution is 0.00833. The molecule has 0 aliphatic heterocycles. The van der Waals surface area contributed by atoms with Gasteiger partial charge in [-0.05, 0) is 24.0 Å². The SMILES string of the molecule is CC(C)CC(O)C(O)Cc1c[nH]c2ccccc12. The fourth-order valence-electron chi connectivity index (χ4n) is 2.30. The number of benzene rings is 1. The van der Waals surface area contributed by atoms with E-state index in [9.17, 15) is 10.2 Å². The van der Waals surface area contributed by atoms with Crippen molar-refractivity contribution in [2.45, 2.75) is 38.9 Å². The van der Waals surface area contributed by atoms with Gasteiger partial charge in [0.15, 0.2) is 0 Å². The average Bonchev–Trinajstić information content (AvgIpc) is 2.72. The molecule has 3 N–H and O–H groups in total. The van der Waals surface area contributed by atoms with Crippen molar-refractivity contribution in [1.29, 1.82) is 0 Å². The summed E-state index contributed by atoms with van der Waals surface area (Å²) in [6.07, 6.45) is 1.67. The van der Waals surface area contributed by atoms with Crippen LogP contribution in [-0.4, -0.2) is 27.4 Å². The first-order chi connectivity index (χ1) is 8.58. The Labute approximate surface area is 107 Å². The molecule has 98 valence electrons. The van der Waals surface area contributed by atoms with E-state index in [1.165, 1.54) is 0 Å². The van der Waals surface area contributed by atoms with E-state index in [1.54, 1.807) is 0 Å². The fourth-order valence-corrected chi connectivity index (χ4v) is 2.30. The Morgan fingerprint density at radius 2 is 1.83 bits per heavy atom. The summed E-state index contributed by atoms with van der Waals surface area (Å²) in [5.41, 5.74) is 2.12. The molecule has 0 radical (unpaired) electrons. The number of aliphatic hydroxyl groups is 2. The zero-order valence-electron chi connectivity index (χ0n) is 10.9. The van der Waals surface area contributed by atoms with Gasteiger partial charge in [0.1, 0.15) is 0 Å². The Kier molecular flexibility index (Phi) is 4.04. The number of fused-ring (bicyclic) bond motifs is 1. The topological polar surface area (TPSA) is 56.2 Å². The van der Waals surface area contributed by atoms with Crippen molar-refractivity contribution in [3.63, 3.8) is 0 Å². The van der Waals surface area contributed by atoms with Gasteiger partial charge < -0.3 is 15.2 Å². The highest BCUT2D eigenvalue weighted by atomic mass is 16.3. The summed E-state index contributed by atoms with van der Waals surface area (Å²) >= 11 is 0. The van der Waals surface area contributed by atoms with Crippen LogP contribution in [0.2, 0.25) is 0 Å². The largest absolute Gasteiger partial charge is 0.390 e. The smallest absolute Gasteiger partial charge is 0.0840 e. The van der Waals surface area contributed by atoms with Crippen LogP contribution in [0.15, 0.2) is 30.5 Å². The van der Waals surface area contributed by atoms with E-state index in [0.717, 1.165) is 16.5 Å². The van der Waals surface area contributed by atoms with Crippen LogP contribution in [0, 0.1) is 5.92 Å². The van der Waals surface area contributed by atoms with Gasteiger partial charge in [0.2, 0.25) is 0 Å². The van der Waals surface area contributed by atoms with Crippen molar-refractivity contribution in [3.05, 3.63) is 36.0 Å². The van der Waals surface area contributed by atoms with Crippen LogP contribution >= 0.6 is 0 Å². The molecule has 0 bridgehead atoms. The molecule has 2 atom stereocenters. The highest BCUT2D eigenvalue weighted by Crippen LogP contribution is 2.20. The van der Waals surface area contributed by atoms with Crippen LogP contribution in [0.4, 0.5) is 0 Å². The van der Waals surface area contributed by atoms with Crippen molar-refractivity contribution >= 4 is 10.9 Å². The van der Waals surface area contributed by atoms with Crippen molar-refractivity contribution in [2.24, 2.45) is 5.92 Å². The maximum atomic E-state index is 10.0. The van der Waals surface area contributed by atoms with Gasteiger partial charge in [0.25, 0.3) is 0 Å². The summed E-state index contributed by atoms with van der Waals surface area (Å²) in [6.45, 7) is 4.09. The Balaban J connectivity index is 2.09. The van der Waals surface area contributed by atoms with Gasteiger partial charge in [-0.1, -0.05) is 32.0 Å². The van der Waals surface area contributed by atoms with Crippen molar-refractivity contribution in [2.75, 3.05) is 0 Å². The summed E-state index contributed by atoms with van der Waals surface area (Å²) in [4.78, 5) is 3.18. The predicted octanol–water partition coefficient (Wildman–Crippen LogP) is 2.48. The first kappa shape index (κ1) is 13.1. The van der Waals surface area contributed by atoms with Crippen molar-refractivity contribution in [3.8, 4) is 0 Å². The molecule has 0 saturated carbocycles. The Morgan fingerprint density at radius 3 is 2.56 bits per heavy atom. The quantitative estimate of drug-likeness (QED) is 0.760. The lowest BCUT2D eigenvalue weighted by atomic mass is 9.97. The molecular formula is C15H21NO2. The number of hydrogen-bond donors (Lipinski definition) is 3. The standard InChI is InChI=1S/C15H21NO2/c1-10(2)7-14(17)15(18)8-11-9-16-13-6-4-3-5-12(11)13/h3-6,9-10,14-18H,7-8H2,1-2H3. The number of aliphatic hydroxyl groups excluding tert-OH is 2. The second-order valence-electron chi connectivity index (χ2n) is 5.33. The molecule has 18 heavy (non-hydrogen) atoms. The molecule has 1 aromatic heterocycles. The van der Waals surface area contributed by atoms with E-state index in [-0.39, 0.29) is 0 Å². The van der Waals surface area contributed by atoms with Crippen LogP contribution in [0.3, 0.4) is 0 Å². The third-order valence-corrected chi connectivity index (χ3v) is 3.26. The maximum absolute atomic E-state index is 10.0. The Bertz CT molecular complexity index is 504. The van der Waals surface area contributed by atoms with E-state index in [0.29, 0.717) is 18.8 Å². The van der Waals surface area contributed by atoms with E-state index in [4.69, 9.17) is 0 Å². The minimum atomic E-state index is -0.702. The van der Waals surface area contributed by atoms with Crippen LogP contribution in [0.1, 0.15) is 25.8 Å². The molecule has 1 aromatic carbocycles. The monoisotopic (exact) mass is 247 g/mol. The Hall–Kier alpha value is -1.32.